The van der Waals surface area contributed by atoms with Gasteiger partial charge in [0.25, 0.3) is 0 Å². The minimum atomic E-state index is -1.03. The van der Waals surface area contributed by atoms with Crippen LogP contribution in [0.3, 0.4) is 0 Å². The van der Waals surface area contributed by atoms with Gasteiger partial charge in [-0.15, -0.1) is 0 Å². The fourth-order valence-corrected chi connectivity index (χ4v) is 0.952. The molecule has 0 radical (unpaired) electrons. The number of hydrogen-bond donors (Lipinski definition) is 1. The molecule has 1 heterocycles. The molecule has 16 heavy (non-hydrogen) atoms. The van der Waals surface area contributed by atoms with Crippen LogP contribution in [-0.2, 0) is 11.3 Å². The number of aromatic carboxylic acids is 1. The zero-order valence-corrected chi connectivity index (χ0v) is 9.08. The van der Waals surface area contributed by atoms with Crippen molar-refractivity contribution >= 4 is 12.1 Å². The number of carbonyl (C=O) groups excluding carboxylic acids is 1. The summed E-state index contributed by atoms with van der Waals surface area (Å²) in [4.78, 5) is 22.9. The first-order valence-corrected chi connectivity index (χ1v) is 4.60. The summed E-state index contributed by atoms with van der Waals surface area (Å²) in [5.41, 5.74) is 0.110. The SMILES string of the molecule is CN(C)C(=O)OCCn1cc(C(=O)O)cn1. The van der Waals surface area contributed by atoms with Gasteiger partial charge in [-0.05, 0) is 0 Å². The smallest absolute Gasteiger partial charge is 0.409 e. The molecule has 0 bridgehead atoms. The Morgan fingerprint density at radius 2 is 2.25 bits per heavy atom. The van der Waals surface area contributed by atoms with E-state index in [4.69, 9.17) is 9.84 Å². The minimum Gasteiger partial charge on any atom is -0.478 e. The number of nitrogens with zero attached hydrogens (tertiary/aromatic N) is 3. The summed E-state index contributed by atoms with van der Waals surface area (Å²) in [6.07, 6.45) is 2.19. The first kappa shape index (κ1) is 12.0. The molecule has 1 amide bonds. The molecule has 88 valence electrons. The monoisotopic (exact) mass is 227 g/mol. The Balaban J connectivity index is 2.37. The molecule has 0 aliphatic carbocycles. The van der Waals surface area contributed by atoms with Crippen molar-refractivity contribution in [1.29, 1.82) is 0 Å². The summed E-state index contributed by atoms with van der Waals surface area (Å²) in [7, 11) is 3.16. The largest absolute Gasteiger partial charge is 0.478 e. The summed E-state index contributed by atoms with van der Waals surface area (Å²) < 4.78 is 6.26. The lowest BCUT2D eigenvalue weighted by molar-refractivity contribution is 0.0696. The van der Waals surface area contributed by atoms with Crippen LogP contribution < -0.4 is 0 Å². The topological polar surface area (TPSA) is 84.7 Å². The van der Waals surface area contributed by atoms with Gasteiger partial charge in [0.1, 0.15) is 6.61 Å². The molecule has 1 N–H and O–H groups in total. The van der Waals surface area contributed by atoms with E-state index in [1.54, 1.807) is 14.1 Å². The average Bonchev–Trinajstić information content (AvgIpc) is 2.66. The van der Waals surface area contributed by atoms with E-state index in [-0.39, 0.29) is 12.2 Å². The Labute approximate surface area is 92.2 Å². The van der Waals surface area contributed by atoms with E-state index in [9.17, 15) is 9.59 Å². The second-order valence-electron chi connectivity index (χ2n) is 3.31. The van der Waals surface area contributed by atoms with Gasteiger partial charge in [0.15, 0.2) is 0 Å². The molecule has 7 heteroatoms. The number of aromatic nitrogens is 2. The number of ether oxygens (including phenoxy) is 1. The Morgan fingerprint density at radius 1 is 1.56 bits per heavy atom. The first-order chi connectivity index (χ1) is 7.50. The van der Waals surface area contributed by atoms with Crippen molar-refractivity contribution in [2.75, 3.05) is 20.7 Å². The highest BCUT2D eigenvalue weighted by Crippen LogP contribution is 1.97. The Morgan fingerprint density at radius 3 is 2.75 bits per heavy atom. The van der Waals surface area contributed by atoms with E-state index >= 15 is 0 Å². The molecular formula is C9H13N3O4. The molecule has 0 spiro atoms. The van der Waals surface area contributed by atoms with E-state index in [1.807, 2.05) is 0 Å². The lowest BCUT2D eigenvalue weighted by atomic mass is 10.4. The maximum atomic E-state index is 11.0. The number of amides is 1. The van der Waals surface area contributed by atoms with Gasteiger partial charge in [-0.25, -0.2) is 9.59 Å². The van der Waals surface area contributed by atoms with Crippen molar-refractivity contribution in [2.24, 2.45) is 0 Å². The van der Waals surface area contributed by atoms with Gasteiger partial charge in [0.2, 0.25) is 0 Å². The Hall–Kier alpha value is -2.05. The van der Waals surface area contributed by atoms with Crippen LogP contribution in [0.15, 0.2) is 12.4 Å². The van der Waals surface area contributed by atoms with Gasteiger partial charge >= 0.3 is 12.1 Å². The molecule has 0 aromatic carbocycles. The molecular weight excluding hydrogens is 214 g/mol. The first-order valence-electron chi connectivity index (χ1n) is 4.60. The average molecular weight is 227 g/mol. The fraction of sp³-hybridized carbons (Fsp3) is 0.444. The second kappa shape index (κ2) is 5.15. The van der Waals surface area contributed by atoms with Crippen molar-refractivity contribution < 1.29 is 19.4 Å². The predicted molar refractivity (Wildman–Crippen MR) is 54.2 cm³/mol. The van der Waals surface area contributed by atoms with Gasteiger partial charge in [-0.3, -0.25) is 4.68 Å². The van der Waals surface area contributed by atoms with Gasteiger partial charge < -0.3 is 14.7 Å². The van der Waals surface area contributed by atoms with Gasteiger partial charge in [0, 0.05) is 20.3 Å². The maximum Gasteiger partial charge on any atom is 0.409 e. The Kier molecular flexibility index (Phi) is 3.87. The van der Waals surface area contributed by atoms with Crippen LogP contribution in [0.1, 0.15) is 10.4 Å². The van der Waals surface area contributed by atoms with Crippen LogP contribution in [0.5, 0.6) is 0 Å². The zero-order chi connectivity index (χ0) is 12.1. The van der Waals surface area contributed by atoms with Crippen LogP contribution in [0, 0.1) is 0 Å². The Bertz CT molecular complexity index is 386. The molecule has 1 aromatic rings. The standard InChI is InChI=1S/C9H13N3O4/c1-11(2)9(15)16-4-3-12-6-7(5-10-12)8(13)14/h5-6H,3-4H2,1-2H3,(H,13,14). The normalized spacial score (nSPS) is 9.88. The van der Waals surface area contributed by atoms with E-state index < -0.39 is 12.1 Å². The van der Waals surface area contributed by atoms with Crippen LogP contribution in [-0.4, -0.2) is 52.6 Å². The third-order valence-corrected chi connectivity index (χ3v) is 1.79. The van der Waals surface area contributed by atoms with E-state index in [0.717, 1.165) is 0 Å². The molecule has 0 saturated carbocycles. The van der Waals surface area contributed by atoms with Crippen molar-refractivity contribution in [2.45, 2.75) is 6.54 Å². The van der Waals surface area contributed by atoms with E-state index in [1.165, 1.54) is 22.0 Å². The molecule has 0 aliphatic rings. The zero-order valence-electron chi connectivity index (χ0n) is 9.08. The van der Waals surface area contributed by atoms with E-state index in [2.05, 4.69) is 5.10 Å². The molecule has 0 atom stereocenters. The minimum absolute atomic E-state index is 0.110. The van der Waals surface area contributed by atoms with Crippen LogP contribution in [0.2, 0.25) is 0 Å². The highest BCUT2D eigenvalue weighted by atomic mass is 16.6. The van der Waals surface area contributed by atoms with Crippen LogP contribution in [0.25, 0.3) is 0 Å². The third-order valence-electron chi connectivity index (χ3n) is 1.79. The maximum absolute atomic E-state index is 11.0. The molecule has 1 aromatic heterocycles. The number of hydrogen-bond acceptors (Lipinski definition) is 4. The van der Waals surface area contributed by atoms with Gasteiger partial charge in [-0.2, -0.15) is 5.10 Å². The van der Waals surface area contributed by atoms with Crippen molar-refractivity contribution in [1.82, 2.24) is 14.7 Å². The van der Waals surface area contributed by atoms with Gasteiger partial charge in [-0.1, -0.05) is 0 Å². The quantitative estimate of drug-likeness (QED) is 0.798. The molecule has 0 unspecified atom stereocenters. The summed E-state index contributed by atoms with van der Waals surface area (Å²) >= 11 is 0. The van der Waals surface area contributed by atoms with Crippen LogP contribution in [0.4, 0.5) is 4.79 Å². The number of carbonyl (C=O) groups is 2. The number of rotatable bonds is 4. The summed E-state index contributed by atoms with van der Waals surface area (Å²) in [6, 6.07) is 0. The highest BCUT2D eigenvalue weighted by molar-refractivity contribution is 5.86. The summed E-state index contributed by atoms with van der Waals surface area (Å²) in [5.74, 6) is -1.03. The fourth-order valence-electron chi connectivity index (χ4n) is 0.952. The molecule has 0 aliphatic heterocycles. The second-order valence-corrected chi connectivity index (χ2v) is 3.31. The number of carboxylic acids is 1. The predicted octanol–water partition coefficient (Wildman–Crippen LogP) is 0.279. The van der Waals surface area contributed by atoms with Crippen LogP contribution >= 0.6 is 0 Å². The van der Waals surface area contributed by atoms with E-state index in [0.29, 0.717) is 6.54 Å². The van der Waals surface area contributed by atoms with Gasteiger partial charge in [0.05, 0.1) is 18.3 Å². The lowest BCUT2D eigenvalue weighted by Gasteiger charge is -2.10. The number of carboxylic acid groups (broad SMARTS) is 1. The van der Waals surface area contributed by atoms with Crippen molar-refractivity contribution in [3.05, 3.63) is 18.0 Å². The summed E-state index contributed by atoms with van der Waals surface area (Å²) in [5, 5.41) is 12.4. The molecule has 7 nitrogen and oxygen atoms in total. The molecule has 0 saturated heterocycles. The lowest BCUT2D eigenvalue weighted by Crippen LogP contribution is -2.24. The molecule has 0 fully saturated rings. The third kappa shape index (κ3) is 3.26. The van der Waals surface area contributed by atoms with Crippen molar-refractivity contribution in [3.8, 4) is 0 Å². The molecule has 1 rings (SSSR count). The summed E-state index contributed by atoms with van der Waals surface area (Å²) in [6.45, 7) is 0.477. The highest BCUT2D eigenvalue weighted by Gasteiger charge is 2.07. The van der Waals surface area contributed by atoms with Crippen molar-refractivity contribution in [3.63, 3.8) is 0 Å².